The first-order valence-corrected chi connectivity index (χ1v) is 10.1. The van der Waals surface area contributed by atoms with Gasteiger partial charge in [-0.25, -0.2) is 4.98 Å². The minimum absolute atomic E-state index is 0. The van der Waals surface area contributed by atoms with Crippen LogP contribution in [0.1, 0.15) is 43.3 Å². The number of carbonyl (C=O) groups excluding carboxylic acids is 1. The van der Waals surface area contributed by atoms with Crippen molar-refractivity contribution in [2.24, 2.45) is 17.6 Å². The summed E-state index contributed by atoms with van der Waals surface area (Å²) in [6, 6.07) is 0.250. The monoisotopic (exact) mass is 422 g/mol. The van der Waals surface area contributed by atoms with Crippen molar-refractivity contribution in [3.8, 4) is 0 Å². The Morgan fingerprint density at radius 2 is 1.85 bits per heavy atom. The normalized spacial score (nSPS) is 21.0. The van der Waals surface area contributed by atoms with Crippen molar-refractivity contribution in [3.63, 3.8) is 0 Å². The van der Waals surface area contributed by atoms with Gasteiger partial charge in [0.15, 0.2) is 0 Å². The molecule has 5 nitrogen and oxygen atoms in total. The van der Waals surface area contributed by atoms with Gasteiger partial charge in [0.05, 0.1) is 10.7 Å². The fraction of sp³-hybridized carbons (Fsp3) is 0.778. The van der Waals surface area contributed by atoms with E-state index in [1.54, 1.807) is 11.3 Å². The van der Waals surface area contributed by atoms with E-state index in [1.165, 1.54) is 5.69 Å². The molecule has 150 valence electrons. The number of aryl methyl sites for hydroxylation is 1. The fourth-order valence-electron chi connectivity index (χ4n) is 3.95. The summed E-state index contributed by atoms with van der Waals surface area (Å²) < 4.78 is 0. The summed E-state index contributed by atoms with van der Waals surface area (Å²) >= 11 is 1.71. The molecular formula is C18H32Cl2N4OS. The molecule has 3 rings (SSSR count). The van der Waals surface area contributed by atoms with E-state index in [4.69, 9.17) is 5.73 Å². The number of nitrogens with two attached hydrogens (primary N) is 1. The van der Waals surface area contributed by atoms with Gasteiger partial charge in [0.1, 0.15) is 0 Å². The Kier molecular flexibility index (Phi) is 9.83. The molecule has 2 saturated heterocycles. The number of amides is 1. The Hall–Kier alpha value is -0.400. The third-order valence-electron chi connectivity index (χ3n) is 5.58. The van der Waals surface area contributed by atoms with E-state index >= 15 is 0 Å². The van der Waals surface area contributed by atoms with Gasteiger partial charge < -0.3 is 10.6 Å². The molecule has 2 N–H and O–H groups in total. The van der Waals surface area contributed by atoms with Crippen LogP contribution in [0, 0.1) is 18.8 Å². The molecule has 1 unspecified atom stereocenters. The van der Waals surface area contributed by atoms with E-state index in [0.717, 1.165) is 63.4 Å². The molecule has 3 heterocycles. The average Bonchev–Trinajstić information content (AvgIpc) is 3.00. The molecule has 1 amide bonds. The van der Waals surface area contributed by atoms with Crippen molar-refractivity contribution in [1.29, 1.82) is 0 Å². The lowest BCUT2D eigenvalue weighted by Crippen LogP contribution is -2.47. The molecule has 2 aliphatic rings. The lowest BCUT2D eigenvalue weighted by molar-refractivity contribution is -0.138. The second kappa shape index (κ2) is 10.8. The first kappa shape index (κ1) is 23.6. The highest BCUT2D eigenvalue weighted by Crippen LogP contribution is 2.25. The highest BCUT2D eigenvalue weighted by atomic mass is 35.5. The molecule has 0 saturated carbocycles. The maximum absolute atomic E-state index is 12.8. The molecule has 1 atom stereocenters. The number of piperidine rings is 2. The largest absolute Gasteiger partial charge is 0.342 e. The van der Waals surface area contributed by atoms with Crippen molar-refractivity contribution in [1.82, 2.24) is 14.8 Å². The van der Waals surface area contributed by atoms with Crippen LogP contribution in [0.5, 0.6) is 0 Å². The Morgan fingerprint density at radius 3 is 2.35 bits per heavy atom. The standard InChI is InChI=1S/C18H30N4OS.2ClH/c1-13(19)15-5-9-22(10-6-15)18(23)16-3-7-21(8-4-16)11-17-12-24-14(2)20-17;;/h12-13,15-16H,3-11,19H2,1-2H3;2*1H. The zero-order chi connectivity index (χ0) is 17.1. The quantitative estimate of drug-likeness (QED) is 0.809. The van der Waals surface area contributed by atoms with Crippen LogP contribution in [-0.4, -0.2) is 52.9 Å². The molecule has 1 aromatic rings. The molecule has 26 heavy (non-hydrogen) atoms. The molecule has 0 aliphatic carbocycles. The predicted molar refractivity (Wildman–Crippen MR) is 112 cm³/mol. The van der Waals surface area contributed by atoms with Crippen LogP contribution in [0.2, 0.25) is 0 Å². The van der Waals surface area contributed by atoms with Gasteiger partial charge in [-0.1, -0.05) is 0 Å². The molecule has 0 radical (unpaired) electrons. The first-order valence-electron chi connectivity index (χ1n) is 9.20. The summed E-state index contributed by atoms with van der Waals surface area (Å²) in [5.41, 5.74) is 7.17. The predicted octanol–water partition coefficient (Wildman–Crippen LogP) is 3.09. The lowest BCUT2D eigenvalue weighted by Gasteiger charge is -2.38. The molecule has 0 spiro atoms. The van der Waals surface area contributed by atoms with Crippen molar-refractivity contribution in [2.45, 2.75) is 52.1 Å². The third-order valence-corrected chi connectivity index (χ3v) is 6.41. The van der Waals surface area contributed by atoms with Crippen LogP contribution in [0.3, 0.4) is 0 Å². The molecular weight excluding hydrogens is 391 g/mol. The van der Waals surface area contributed by atoms with Crippen LogP contribution < -0.4 is 5.73 Å². The van der Waals surface area contributed by atoms with Gasteiger partial charge >= 0.3 is 0 Å². The van der Waals surface area contributed by atoms with E-state index in [2.05, 4.69) is 27.1 Å². The lowest BCUT2D eigenvalue weighted by atomic mass is 9.89. The fourth-order valence-corrected chi connectivity index (χ4v) is 4.56. The van der Waals surface area contributed by atoms with E-state index in [0.29, 0.717) is 11.8 Å². The highest BCUT2D eigenvalue weighted by molar-refractivity contribution is 7.09. The number of aromatic nitrogens is 1. The summed E-state index contributed by atoms with van der Waals surface area (Å²) in [6.07, 6.45) is 4.08. The summed E-state index contributed by atoms with van der Waals surface area (Å²) in [5.74, 6) is 1.17. The Labute approximate surface area is 173 Å². The maximum Gasteiger partial charge on any atom is 0.225 e. The van der Waals surface area contributed by atoms with Gasteiger partial charge in [-0.2, -0.15) is 0 Å². The third kappa shape index (κ3) is 6.06. The van der Waals surface area contributed by atoms with E-state index in [1.807, 2.05) is 6.92 Å². The van der Waals surface area contributed by atoms with Gasteiger partial charge in [0.2, 0.25) is 5.91 Å². The molecule has 2 aliphatic heterocycles. The number of hydrogen-bond donors (Lipinski definition) is 1. The minimum atomic E-state index is 0. The van der Waals surface area contributed by atoms with Crippen LogP contribution in [0.4, 0.5) is 0 Å². The summed E-state index contributed by atoms with van der Waals surface area (Å²) in [5, 5.41) is 3.28. The number of rotatable bonds is 4. The van der Waals surface area contributed by atoms with Gasteiger partial charge in [-0.3, -0.25) is 9.69 Å². The first-order chi connectivity index (χ1) is 11.5. The van der Waals surface area contributed by atoms with Crippen LogP contribution >= 0.6 is 36.2 Å². The van der Waals surface area contributed by atoms with Crippen molar-refractivity contribution in [3.05, 3.63) is 16.1 Å². The molecule has 8 heteroatoms. The average molecular weight is 423 g/mol. The van der Waals surface area contributed by atoms with Crippen LogP contribution in [0.15, 0.2) is 5.38 Å². The Balaban J connectivity index is 0.00000169. The number of hydrogen-bond acceptors (Lipinski definition) is 5. The maximum atomic E-state index is 12.8. The number of carbonyl (C=O) groups is 1. The number of thiazole rings is 1. The van der Waals surface area contributed by atoms with E-state index in [9.17, 15) is 4.79 Å². The van der Waals surface area contributed by atoms with Gasteiger partial charge in [-0.05, 0) is 58.5 Å². The summed E-state index contributed by atoms with van der Waals surface area (Å²) in [7, 11) is 0. The number of likely N-dealkylation sites (tertiary alicyclic amines) is 2. The van der Waals surface area contributed by atoms with Crippen molar-refractivity contribution < 1.29 is 4.79 Å². The van der Waals surface area contributed by atoms with Crippen LogP contribution in [-0.2, 0) is 11.3 Å². The number of halogens is 2. The highest BCUT2D eigenvalue weighted by Gasteiger charge is 2.31. The molecule has 2 fully saturated rings. The van der Waals surface area contributed by atoms with Crippen LogP contribution in [0.25, 0.3) is 0 Å². The topological polar surface area (TPSA) is 62.5 Å². The molecule has 1 aromatic heterocycles. The van der Waals surface area contributed by atoms with Crippen molar-refractivity contribution in [2.75, 3.05) is 26.2 Å². The number of nitrogens with zero attached hydrogens (tertiary/aromatic N) is 3. The summed E-state index contributed by atoms with van der Waals surface area (Å²) in [4.78, 5) is 21.8. The van der Waals surface area contributed by atoms with E-state index in [-0.39, 0.29) is 36.8 Å². The minimum Gasteiger partial charge on any atom is -0.342 e. The Bertz CT molecular complexity index is 553. The summed E-state index contributed by atoms with van der Waals surface area (Å²) in [6.45, 7) is 8.85. The SMILES string of the molecule is Cc1nc(CN2CCC(C(=O)N3CCC(C(C)N)CC3)CC2)cs1.Cl.Cl. The van der Waals surface area contributed by atoms with E-state index < -0.39 is 0 Å². The zero-order valence-corrected chi connectivity index (χ0v) is 18.2. The Morgan fingerprint density at radius 1 is 1.23 bits per heavy atom. The smallest absolute Gasteiger partial charge is 0.225 e. The van der Waals surface area contributed by atoms with Crippen molar-refractivity contribution >= 4 is 42.1 Å². The second-order valence-electron chi connectivity index (χ2n) is 7.43. The van der Waals surface area contributed by atoms with Gasteiger partial charge in [-0.15, -0.1) is 36.2 Å². The zero-order valence-electron chi connectivity index (χ0n) is 15.7. The molecule has 0 bridgehead atoms. The van der Waals surface area contributed by atoms with Gasteiger partial charge in [0, 0.05) is 37.0 Å². The van der Waals surface area contributed by atoms with Gasteiger partial charge in [0.25, 0.3) is 0 Å². The second-order valence-corrected chi connectivity index (χ2v) is 8.49. The molecule has 0 aromatic carbocycles.